The Morgan fingerprint density at radius 3 is 2.89 bits per heavy atom. The van der Waals surface area contributed by atoms with Gasteiger partial charge in [-0.25, -0.2) is 4.98 Å². The van der Waals surface area contributed by atoms with Gasteiger partial charge in [0.25, 0.3) is 0 Å². The fourth-order valence-electron chi connectivity index (χ4n) is 2.10. The van der Waals surface area contributed by atoms with E-state index in [0.29, 0.717) is 6.61 Å². The fourth-order valence-corrected chi connectivity index (χ4v) is 2.36. The third-order valence-electron chi connectivity index (χ3n) is 2.93. The van der Waals surface area contributed by atoms with E-state index in [0.717, 1.165) is 0 Å². The minimum absolute atomic E-state index is 0.0530. The van der Waals surface area contributed by atoms with Crippen molar-refractivity contribution in [2.75, 3.05) is 13.2 Å². The topological polar surface area (TPSA) is 73.7 Å². The Morgan fingerprint density at radius 1 is 1.28 bits per heavy atom. The van der Waals surface area contributed by atoms with Crippen LogP contribution in [-0.2, 0) is 9.47 Å². The van der Waals surface area contributed by atoms with E-state index in [1.807, 2.05) is 0 Å². The number of nitrogens with zero attached hydrogens (tertiary/aromatic N) is 2. The molecule has 1 aromatic rings. The van der Waals surface area contributed by atoms with Crippen LogP contribution in [0.4, 0.5) is 0 Å². The van der Waals surface area contributed by atoms with Crippen LogP contribution >= 0.6 is 23.2 Å². The molecule has 0 radical (unpaired) electrons. The molecule has 6 nitrogen and oxygen atoms in total. The van der Waals surface area contributed by atoms with Crippen molar-refractivity contribution in [1.29, 1.82) is 0 Å². The fraction of sp³-hybridized carbons (Fsp3) is 0.600. The molecule has 0 aromatic carbocycles. The van der Waals surface area contributed by atoms with E-state index in [9.17, 15) is 5.11 Å². The van der Waals surface area contributed by atoms with Crippen molar-refractivity contribution in [2.45, 2.75) is 24.4 Å². The summed E-state index contributed by atoms with van der Waals surface area (Å²) in [7, 11) is 0. The average molecular weight is 293 g/mol. The quantitative estimate of drug-likeness (QED) is 0.809. The largest absolute Gasteiger partial charge is 0.468 e. The number of ether oxygens (including phenoxy) is 3. The van der Waals surface area contributed by atoms with Gasteiger partial charge in [0.05, 0.1) is 19.4 Å². The minimum atomic E-state index is -0.618. The van der Waals surface area contributed by atoms with E-state index in [-0.39, 0.29) is 41.1 Å². The zero-order valence-electron chi connectivity index (χ0n) is 9.12. The molecule has 2 saturated heterocycles. The highest BCUT2D eigenvalue weighted by Crippen LogP contribution is 2.31. The van der Waals surface area contributed by atoms with Crippen LogP contribution in [0.1, 0.15) is 0 Å². The van der Waals surface area contributed by atoms with E-state index in [2.05, 4.69) is 9.97 Å². The summed E-state index contributed by atoms with van der Waals surface area (Å²) in [6.07, 6.45) is -0.288. The van der Waals surface area contributed by atoms with Gasteiger partial charge in [-0.3, -0.25) is 0 Å². The van der Waals surface area contributed by atoms with E-state index in [1.165, 1.54) is 6.20 Å². The molecule has 1 aromatic heterocycles. The van der Waals surface area contributed by atoms with Crippen LogP contribution in [0.2, 0.25) is 10.3 Å². The molecule has 0 unspecified atom stereocenters. The molecule has 0 saturated carbocycles. The maximum absolute atomic E-state index is 9.60. The molecular weight excluding hydrogens is 283 g/mol. The Morgan fingerprint density at radius 2 is 2.06 bits per heavy atom. The molecule has 3 rings (SSSR count). The third-order valence-corrected chi connectivity index (χ3v) is 3.37. The molecular formula is C10H10Cl2N2O4. The molecule has 8 heteroatoms. The van der Waals surface area contributed by atoms with E-state index >= 15 is 0 Å². The lowest BCUT2D eigenvalue weighted by molar-refractivity contribution is 0.00780. The Kier molecular flexibility index (Phi) is 3.29. The first-order valence-electron chi connectivity index (χ1n) is 5.41. The first-order chi connectivity index (χ1) is 8.65. The summed E-state index contributed by atoms with van der Waals surface area (Å²) >= 11 is 11.6. The van der Waals surface area contributed by atoms with Crippen molar-refractivity contribution in [1.82, 2.24) is 9.97 Å². The van der Waals surface area contributed by atoms with Gasteiger partial charge >= 0.3 is 0 Å². The molecule has 0 spiro atoms. The highest BCUT2D eigenvalue weighted by atomic mass is 35.5. The molecule has 0 amide bonds. The van der Waals surface area contributed by atoms with Crippen LogP contribution in [0.5, 0.6) is 5.88 Å². The minimum Gasteiger partial charge on any atom is -0.468 e. The van der Waals surface area contributed by atoms with Crippen LogP contribution in [0.25, 0.3) is 0 Å². The van der Waals surface area contributed by atoms with Crippen molar-refractivity contribution in [3.63, 3.8) is 0 Å². The Labute approximate surface area is 113 Å². The number of rotatable bonds is 2. The Balaban J connectivity index is 1.75. The number of aliphatic hydroxyl groups excluding tert-OH is 1. The number of hydrogen-bond donors (Lipinski definition) is 1. The summed E-state index contributed by atoms with van der Waals surface area (Å²) in [4.78, 5) is 7.63. The lowest BCUT2D eigenvalue weighted by Gasteiger charge is -2.17. The highest BCUT2D eigenvalue weighted by molar-refractivity contribution is 6.32. The summed E-state index contributed by atoms with van der Waals surface area (Å²) in [5, 5.41) is 9.92. The number of halogens is 2. The number of aliphatic hydroxyl groups is 1. The first-order valence-corrected chi connectivity index (χ1v) is 6.16. The normalized spacial score (nSPS) is 34.6. The van der Waals surface area contributed by atoms with Crippen LogP contribution in [0.15, 0.2) is 6.20 Å². The summed E-state index contributed by atoms with van der Waals surface area (Å²) in [6.45, 7) is 0.553. The van der Waals surface area contributed by atoms with Gasteiger partial charge in [-0.05, 0) is 11.6 Å². The van der Waals surface area contributed by atoms with Crippen molar-refractivity contribution >= 4 is 23.2 Å². The zero-order chi connectivity index (χ0) is 12.7. The molecule has 3 heterocycles. The van der Waals surface area contributed by atoms with Crippen molar-refractivity contribution in [3.05, 3.63) is 16.5 Å². The van der Waals surface area contributed by atoms with Gasteiger partial charge < -0.3 is 19.3 Å². The van der Waals surface area contributed by atoms with Crippen LogP contribution in [0.3, 0.4) is 0 Å². The molecule has 2 aliphatic rings. The van der Waals surface area contributed by atoms with Gasteiger partial charge in [0.2, 0.25) is 11.2 Å². The first kappa shape index (κ1) is 12.4. The average Bonchev–Trinajstić information content (AvgIpc) is 2.89. The monoisotopic (exact) mass is 292 g/mol. The zero-order valence-corrected chi connectivity index (χ0v) is 10.6. The van der Waals surface area contributed by atoms with Gasteiger partial charge in [0, 0.05) is 0 Å². The molecule has 98 valence electrons. The summed E-state index contributed by atoms with van der Waals surface area (Å²) in [6, 6.07) is 0. The number of hydrogen-bond acceptors (Lipinski definition) is 6. The smallest absolute Gasteiger partial charge is 0.237 e. The predicted octanol–water partition coefficient (Wildman–Crippen LogP) is 0.689. The number of fused-ring (bicyclic) bond motifs is 1. The van der Waals surface area contributed by atoms with Crippen LogP contribution in [0, 0.1) is 0 Å². The molecule has 18 heavy (non-hydrogen) atoms. The molecule has 4 atom stereocenters. The van der Waals surface area contributed by atoms with E-state index < -0.39 is 6.10 Å². The van der Waals surface area contributed by atoms with Crippen LogP contribution < -0.4 is 4.74 Å². The summed E-state index contributed by atoms with van der Waals surface area (Å²) < 4.78 is 16.5. The van der Waals surface area contributed by atoms with Crippen molar-refractivity contribution < 1.29 is 19.3 Å². The van der Waals surface area contributed by atoms with Gasteiger partial charge in [-0.15, -0.1) is 0 Å². The van der Waals surface area contributed by atoms with Gasteiger partial charge in [0.15, 0.2) is 6.10 Å². The summed E-state index contributed by atoms with van der Waals surface area (Å²) in [5.74, 6) is 0.191. The van der Waals surface area contributed by atoms with Crippen LogP contribution in [-0.4, -0.2) is 52.7 Å². The van der Waals surface area contributed by atoms with E-state index in [1.54, 1.807) is 0 Å². The standard InChI is InChI=1S/C10H10Cl2N2O4/c11-4-1-13-10(12)14-9(4)18-6-3-17-7-5(15)2-16-8(6)7/h1,5-8,15H,2-3H2/t5-,6+,7+,8+/m0/s1. The molecule has 2 fully saturated rings. The van der Waals surface area contributed by atoms with Gasteiger partial charge in [-0.2, -0.15) is 4.98 Å². The SMILES string of the molecule is O[C@H]1CO[C@H]2[C@@H]1OC[C@H]2Oc1nc(Cl)ncc1Cl. The third kappa shape index (κ3) is 2.15. The second-order valence-corrected chi connectivity index (χ2v) is 4.86. The molecule has 1 N–H and O–H groups in total. The maximum Gasteiger partial charge on any atom is 0.237 e. The lowest BCUT2D eigenvalue weighted by atomic mass is 10.1. The predicted molar refractivity (Wildman–Crippen MR) is 62.0 cm³/mol. The lowest BCUT2D eigenvalue weighted by Crippen LogP contribution is -2.34. The maximum atomic E-state index is 9.60. The molecule has 2 aliphatic heterocycles. The van der Waals surface area contributed by atoms with E-state index in [4.69, 9.17) is 37.4 Å². The number of aromatic nitrogens is 2. The Hall–Kier alpha value is -0.660. The molecule has 0 bridgehead atoms. The second-order valence-electron chi connectivity index (χ2n) is 4.11. The van der Waals surface area contributed by atoms with Crippen molar-refractivity contribution in [3.8, 4) is 5.88 Å². The molecule has 0 aliphatic carbocycles. The Bertz CT molecular complexity index is 462. The second kappa shape index (κ2) is 4.79. The summed E-state index contributed by atoms with van der Waals surface area (Å²) in [5.41, 5.74) is 0. The van der Waals surface area contributed by atoms with Gasteiger partial charge in [0.1, 0.15) is 23.3 Å². The van der Waals surface area contributed by atoms with Crippen molar-refractivity contribution in [2.24, 2.45) is 0 Å². The van der Waals surface area contributed by atoms with Gasteiger partial charge in [-0.1, -0.05) is 11.6 Å². The highest BCUT2D eigenvalue weighted by Gasteiger charge is 2.48.